The lowest BCUT2D eigenvalue weighted by molar-refractivity contribution is -0.114. The second kappa shape index (κ2) is 8.37. The van der Waals surface area contributed by atoms with Crippen molar-refractivity contribution >= 4 is 34.9 Å². The molecule has 6 nitrogen and oxygen atoms in total. The van der Waals surface area contributed by atoms with Gasteiger partial charge < -0.3 is 20.3 Å². The van der Waals surface area contributed by atoms with Crippen molar-refractivity contribution in [2.75, 3.05) is 30.3 Å². The van der Waals surface area contributed by atoms with E-state index in [1.54, 1.807) is 35.2 Å². The summed E-state index contributed by atoms with van der Waals surface area (Å²) >= 11 is 5.84. The summed E-state index contributed by atoms with van der Waals surface area (Å²) in [6.07, 6.45) is -0.381. The highest BCUT2D eigenvalue weighted by Crippen LogP contribution is 2.26. The number of urea groups is 1. The van der Waals surface area contributed by atoms with E-state index in [9.17, 15) is 14.0 Å². The Morgan fingerprint density at radius 3 is 2.63 bits per heavy atom. The lowest BCUT2D eigenvalue weighted by atomic mass is 10.1. The van der Waals surface area contributed by atoms with Gasteiger partial charge in [-0.2, -0.15) is 0 Å². The summed E-state index contributed by atoms with van der Waals surface area (Å²) in [5, 5.41) is 5.50. The number of morpholine rings is 1. The highest BCUT2D eigenvalue weighted by Gasteiger charge is 2.26. The molecular weight excluding hydrogens is 373 g/mol. The molecule has 1 heterocycles. The maximum absolute atomic E-state index is 13.4. The Balaban J connectivity index is 1.66. The first-order chi connectivity index (χ1) is 12.9. The number of hydrogen-bond donors (Lipinski definition) is 2. The van der Waals surface area contributed by atoms with Crippen molar-refractivity contribution in [3.63, 3.8) is 0 Å². The maximum Gasteiger partial charge on any atom is 0.322 e. The van der Waals surface area contributed by atoms with Gasteiger partial charge in [-0.25, -0.2) is 9.18 Å². The third-order valence-electron chi connectivity index (χ3n) is 4.10. The monoisotopic (exact) mass is 391 g/mol. The minimum Gasteiger partial charge on any atom is -0.370 e. The molecule has 0 aromatic heterocycles. The van der Waals surface area contributed by atoms with Crippen LogP contribution in [0.15, 0.2) is 42.5 Å². The molecule has 2 aromatic carbocycles. The van der Waals surface area contributed by atoms with Crippen LogP contribution in [0, 0.1) is 5.82 Å². The summed E-state index contributed by atoms with van der Waals surface area (Å²) in [6.45, 7) is 2.53. The molecule has 1 aliphatic rings. The van der Waals surface area contributed by atoms with Gasteiger partial charge in [-0.3, -0.25) is 4.79 Å². The predicted molar refractivity (Wildman–Crippen MR) is 101 cm³/mol. The van der Waals surface area contributed by atoms with Crippen molar-refractivity contribution in [3.05, 3.63) is 58.9 Å². The first-order valence-corrected chi connectivity index (χ1v) is 8.80. The van der Waals surface area contributed by atoms with Crippen LogP contribution in [-0.2, 0) is 9.53 Å². The van der Waals surface area contributed by atoms with Gasteiger partial charge in [0.05, 0.1) is 18.2 Å². The van der Waals surface area contributed by atoms with Crippen LogP contribution < -0.4 is 10.6 Å². The van der Waals surface area contributed by atoms with Crippen LogP contribution in [0.3, 0.4) is 0 Å². The molecule has 1 aliphatic heterocycles. The van der Waals surface area contributed by atoms with E-state index >= 15 is 0 Å². The Morgan fingerprint density at radius 2 is 1.93 bits per heavy atom. The van der Waals surface area contributed by atoms with Crippen molar-refractivity contribution in [1.29, 1.82) is 0 Å². The van der Waals surface area contributed by atoms with E-state index in [0.29, 0.717) is 36.6 Å². The zero-order valence-electron chi connectivity index (χ0n) is 14.7. The normalized spacial score (nSPS) is 16.7. The minimum absolute atomic E-state index is 0.0208. The first kappa shape index (κ1) is 19.1. The van der Waals surface area contributed by atoms with Gasteiger partial charge in [0.1, 0.15) is 11.9 Å². The van der Waals surface area contributed by atoms with Crippen molar-refractivity contribution in [2.45, 2.75) is 13.0 Å². The molecule has 142 valence electrons. The Bertz CT molecular complexity index is 862. The van der Waals surface area contributed by atoms with Crippen molar-refractivity contribution in [2.24, 2.45) is 0 Å². The molecule has 8 heteroatoms. The molecule has 0 saturated carbocycles. The van der Waals surface area contributed by atoms with Gasteiger partial charge in [-0.1, -0.05) is 23.7 Å². The second-order valence-corrected chi connectivity index (χ2v) is 6.58. The number of ether oxygens (including phenoxy) is 1. The van der Waals surface area contributed by atoms with Gasteiger partial charge in [0.25, 0.3) is 0 Å². The first-order valence-electron chi connectivity index (χ1n) is 8.42. The third kappa shape index (κ3) is 4.96. The SMILES string of the molecule is CC(=O)Nc1cccc(NC(=O)N2CCO[C@H](c3ccc(F)c(Cl)c3)C2)c1. The molecule has 3 amide bonds. The molecule has 0 unspecified atom stereocenters. The molecule has 0 bridgehead atoms. The fraction of sp³-hybridized carbons (Fsp3) is 0.263. The van der Waals surface area contributed by atoms with Gasteiger partial charge in [0.15, 0.2) is 0 Å². The fourth-order valence-corrected chi connectivity index (χ4v) is 3.02. The highest BCUT2D eigenvalue weighted by atomic mass is 35.5. The molecule has 0 aliphatic carbocycles. The van der Waals surface area contributed by atoms with Crippen LogP contribution in [0.2, 0.25) is 5.02 Å². The molecule has 1 saturated heterocycles. The molecule has 2 aromatic rings. The van der Waals surface area contributed by atoms with E-state index < -0.39 is 5.82 Å². The smallest absolute Gasteiger partial charge is 0.322 e. The van der Waals surface area contributed by atoms with Crippen molar-refractivity contribution < 1.29 is 18.7 Å². The highest BCUT2D eigenvalue weighted by molar-refractivity contribution is 6.30. The molecule has 1 fully saturated rings. The summed E-state index contributed by atoms with van der Waals surface area (Å²) < 4.78 is 19.1. The zero-order valence-corrected chi connectivity index (χ0v) is 15.4. The van der Waals surface area contributed by atoms with E-state index in [0.717, 1.165) is 0 Å². The van der Waals surface area contributed by atoms with Crippen molar-refractivity contribution in [1.82, 2.24) is 4.90 Å². The Hall–Kier alpha value is -2.64. The number of carbonyl (C=O) groups excluding carboxylic acids is 2. The van der Waals surface area contributed by atoms with E-state index in [1.807, 2.05) is 0 Å². The summed E-state index contributed by atoms with van der Waals surface area (Å²) in [6, 6.07) is 11.0. The second-order valence-electron chi connectivity index (χ2n) is 6.17. The van der Waals surface area contributed by atoms with Crippen LogP contribution in [-0.4, -0.2) is 36.5 Å². The predicted octanol–water partition coefficient (Wildman–Crippen LogP) is 4.04. The number of rotatable bonds is 3. The number of carbonyl (C=O) groups is 2. The van der Waals surface area contributed by atoms with Crippen LogP contribution in [0.25, 0.3) is 0 Å². The molecule has 27 heavy (non-hydrogen) atoms. The summed E-state index contributed by atoms with van der Waals surface area (Å²) in [5.41, 5.74) is 1.88. The Morgan fingerprint density at radius 1 is 1.19 bits per heavy atom. The van der Waals surface area contributed by atoms with Gasteiger partial charge >= 0.3 is 6.03 Å². The number of hydrogen-bond acceptors (Lipinski definition) is 3. The summed E-state index contributed by atoms with van der Waals surface area (Å²) in [5.74, 6) is -0.683. The molecular formula is C19H19ClFN3O3. The largest absolute Gasteiger partial charge is 0.370 e. The maximum atomic E-state index is 13.4. The molecule has 2 N–H and O–H groups in total. The van der Waals surface area contributed by atoms with E-state index in [-0.39, 0.29) is 23.1 Å². The van der Waals surface area contributed by atoms with Crippen LogP contribution in [0.5, 0.6) is 0 Å². The van der Waals surface area contributed by atoms with E-state index in [4.69, 9.17) is 16.3 Å². The number of anilines is 2. The van der Waals surface area contributed by atoms with E-state index in [2.05, 4.69) is 10.6 Å². The molecule has 1 atom stereocenters. The Labute approximate surface area is 161 Å². The standard InChI is InChI=1S/C19H19ClFN3O3/c1-12(25)22-14-3-2-4-15(10-14)23-19(26)24-7-8-27-18(11-24)13-5-6-17(21)16(20)9-13/h2-6,9-10,18H,7-8,11H2,1H3,(H,22,25)(H,23,26)/t18-/m0/s1. The number of amides is 3. The minimum atomic E-state index is -0.495. The number of nitrogens with one attached hydrogen (secondary N) is 2. The fourth-order valence-electron chi connectivity index (χ4n) is 2.83. The zero-order chi connectivity index (χ0) is 19.4. The Kier molecular flexibility index (Phi) is 5.93. The average Bonchev–Trinajstić information content (AvgIpc) is 2.64. The summed E-state index contributed by atoms with van der Waals surface area (Å²) in [7, 11) is 0. The number of benzene rings is 2. The van der Waals surface area contributed by atoms with Crippen LogP contribution in [0.4, 0.5) is 20.6 Å². The lowest BCUT2D eigenvalue weighted by Crippen LogP contribution is -2.44. The molecule has 0 radical (unpaired) electrons. The third-order valence-corrected chi connectivity index (χ3v) is 4.39. The van der Waals surface area contributed by atoms with Gasteiger partial charge in [0, 0.05) is 24.8 Å². The van der Waals surface area contributed by atoms with Crippen molar-refractivity contribution in [3.8, 4) is 0 Å². The number of halogens is 2. The van der Waals surface area contributed by atoms with Gasteiger partial charge in [0.2, 0.25) is 5.91 Å². The molecule has 0 spiro atoms. The van der Waals surface area contributed by atoms with Crippen LogP contribution >= 0.6 is 11.6 Å². The summed E-state index contributed by atoms with van der Waals surface area (Å²) in [4.78, 5) is 25.4. The number of nitrogens with zero attached hydrogens (tertiary/aromatic N) is 1. The quantitative estimate of drug-likeness (QED) is 0.829. The van der Waals surface area contributed by atoms with Crippen LogP contribution in [0.1, 0.15) is 18.6 Å². The average molecular weight is 392 g/mol. The van der Waals surface area contributed by atoms with Gasteiger partial charge in [-0.05, 0) is 35.9 Å². The van der Waals surface area contributed by atoms with E-state index in [1.165, 1.54) is 19.1 Å². The lowest BCUT2D eigenvalue weighted by Gasteiger charge is -2.33. The molecule has 3 rings (SSSR count). The topological polar surface area (TPSA) is 70.7 Å². The van der Waals surface area contributed by atoms with Gasteiger partial charge in [-0.15, -0.1) is 0 Å².